The largest absolute Gasteiger partial charge is 0.497 e. The minimum atomic E-state index is -0.132. The smallest absolute Gasteiger partial charge is 0.227 e. The number of nitrogens with one attached hydrogen (secondary N) is 1. The number of benzene rings is 2. The van der Waals surface area contributed by atoms with Crippen molar-refractivity contribution in [1.29, 1.82) is 0 Å². The third-order valence-corrected chi connectivity index (χ3v) is 6.06. The van der Waals surface area contributed by atoms with E-state index in [2.05, 4.69) is 10.3 Å². The fourth-order valence-corrected chi connectivity index (χ4v) is 4.06. The molecular weight excluding hydrogens is 434 g/mol. The Kier molecular flexibility index (Phi) is 7.47. The quantitative estimate of drug-likeness (QED) is 0.539. The van der Waals surface area contributed by atoms with Crippen LogP contribution >= 0.6 is 0 Å². The Bertz CT molecular complexity index is 1120. The number of ether oxygens (including phenoxy) is 2. The van der Waals surface area contributed by atoms with E-state index in [1.807, 2.05) is 53.4 Å². The van der Waals surface area contributed by atoms with Crippen LogP contribution in [0.15, 0.2) is 59.1 Å². The number of nitrogens with zero attached hydrogens (tertiary/aromatic N) is 2. The molecule has 34 heavy (non-hydrogen) atoms. The predicted molar refractivity (Wildman–Crippen MR) is 128 cm³/mol. The van der Waals surface area contributed by atoms with Gasteiger partial charge in [-0.2, -0.15) is 0 Å². The van der Waals surface area contributed by atoms with Crippen LogP contribution in [-0.4, -0.2) is 49.0 Å². The van der Waals surface area contributed by atoms with Crippen molar-refractivity contribution >= 4 is 17.5 Å². The molecule has 1 fully saturated rings. The van der Waals surface area contributed by atoms with Gasteiger partial charge in [0.1, 0.15) is 11.5 Å². The van der Waals surface area contributed by atoms with E-state index in [-0.39, 0.29) is 17.7 Å². The number of rotatable bonds is 8. The minimum absolute atomic E-state index is 0.0394. The molecular formula is C26H29N3O5. The van der Waals surface area contributed by atoms with Gasteiger partial charge in [0.15, 0.2) is 11.7 Å². The van der Waals surface area contributed by atoms with Gasteiger partial charge in [-0.25, -0.2) is 4.98 Å². The average molecular weight is 464 g/mol. The summed E-state index contributed by atoms with van der Waals surface area (Å²) in [5.74, 6) is 2.47. The van der Waals surface area contributed by atoms with Gasteiger partial charge in [-0.05, 0) is 49.2 Å². The van der Waals surface area contributed by atoms with Crippen LogP contribution in [0.4, 0.5) is 5.69 Å². The molecule has 0 bridgehead atoms. The highest BCUT2D eigenvalue weighted by Gasteiger charge is 2.27. The molecule has 178 valence electrons. The number of aryl methyl sites for hydroxylation is 1. The van der Waals surface area contributed by atoms with E-state index in [4.69, 9.17) is 13.9 Å². The number of para-hydroxylation sites is 2. The second-order valence-electron chi connectivity index (χ2n) is 8.19. The number of aromatic nitrogens is 1. The molecule has 0 radical (unpaired) electrons. The molecule has 0 unspecified atom stereocenters. The number of carbonyl (C=O) groups is 2. The van der Waals surface area contributed by atoms with Gasteiger partial charge >= 0.3 is 0 Å². The third-order valence-electron chi connectivity index (χ3n) is 6.06. The van der Waals surface area contributed by atoms with Crippen molar-refractivity contribution in [2.75, 3.05) is 32.6 Å². The lowest BCUT2D eigenvalue weighted by Gasteiger charge is -2.31. The molecule has 0 spiro atoms. The number of hydrogen-bond donors (Lipinski definition) is 1. The molecule has 2 aromatic carbocycles. The molecule has 1 aliphatic rings. The Balaban J connectivity index is 1.24. The maximum absolute atomic E-state index is 12.7. The number of piperidine rings is 1. The van der Waals surface area contributed by atoms with Crippen molar-refractivity contribution in [3.05, 3.63) is 60.6 Å². The molecule has 3 aromatic rings. The summed E-state index contributed by atoms with van der Waals surface area (Å²) in [6, 6.07) is 14.9. The Morgan fingerprint density at radius 1 is 1.06 bits per heavy atom. The van der Waals surface area contributed by atoms with Crippen LogP contribution in [0.25, 0.3) is 11.3 Å². The van der Waals surface area contributed by atoms with Crippen LogP contribution in [0.1, 0.15) is 25.2 Å². The molecule has 8 heteroatoms. The fourth-order valence-electron chi connectivity index (χ4n) is 4.06. The first kappa shape index (κ1) is 23.4. The second kappa shape index (κ2) is 10.9. The van der Waals surface area contributed by atoms with Crippen LogP contribution in [0.2, 0.25) is 0 Å². The van der Waals surface area contributed by atoms with Crippen LogP contribution in [0, 0.1) is 5.92 Å². The van der Waals surface area contributed by atoms with Crippen LogP contribution < -0.4 is 14.8 Å². The lowest BCUT2D eigenvalue weighted by Crippen LogP contribution is -2.41. The first-order valence-electron chi connectivity index (χ1n) is 11.4. The van der Waals surface area contributed by atoms with E-state index >= 15 is 0 Å². The van der Waals surface area contributed by atoms with Crippen LogP contribution in [0.3, 0.4) is 0 Å². The summed E-state index contributed by atoms with van der Waals surface area (Å²) in [4.78, 5) is 31.5. The lowest BCUT2D eigenvalue weighted by molar-refractivity contribution is -0.134. The molecule has 1 aliphatic heterocycles. The lowest BCUT2D eigenvalue weighted by atomic mass is 9.95. The first-order valence-corrected chi connectivity index (χ1v) is 11.4. The summed E-state index contributed by atoms with van der Waals surface area (Å²) in [7, 11) is 3.20. The topological polar surface area (TPSA) is 93.9 Å². The van der Waals surface area contributed by atoms with Crippen molar-refractivity contribution in [2.24, 2.45) is 5.92 Å². The van der Waals surface area contributed by atoms with Gasteiger partial charge in [-0.3, -0.25) is 9.59 Å². The highest BCUT2D eigenvalue weighted by atomic mass is 16.5. The molecule has 8 nitrogen and oxygen atoms in total. The zero-order valence-electron chi connectivity index (χ0n) is 19.5. The highest BCUT2D eigenvalue weighted by molar-refractivity contribution is 5.94. The summed E-state index contributed by atoms with van der Waals surface area (Å²) in [6.07, 6.45) is 3.69. The van der Waals surface area contributed by atoms with Gasteiger partial charge < -0.3 is 24.1 Å². The van der Waals surface area contributed by atoms with Crippen molar-refractivity contribution in [3.63, 3.8) is 0 Å². The standard InChI is InChI=1S/C26H29N3O5/c1-32-20-9-7-18(8-10-20)23-17-27-24(34-23)11-12-25(30)29-15-13-19(14-16-29)26(31)28-21-5-3-4-6-22(21)33-2/h3-10,17,19H,11-16H2,1-2H3,(H,28,31). The number of hydrogen-bond acceptors (Lipinski definition) is 6. The van der Waals surface area contributed by atoms with Gasteiger partial charge in [0, 0.05) is 37.4 Å². The monoisotopic (exact) mass is 463 g/mol. The summed E-state index contributed by atoms with van der Waals surface area (Å²) >= 11 is 0. The van der Waals surface area contributed by atoms with Crippen molar-refractivity contribution < 1.29 is 23.5 Å². The zero-order chi connectivity index (χ0) is 23.9. The van der Waals surface area contributed by atoms with Crippen molar-refractivity contribution in [1.82, 2.24) is 9.88 Å². The molecule has 2 amide bonds. The molecule has 1 N–H and O–H groups in total. The van der Waals surface area contributed by atoms with Gasteiger partial charge in [0.05, 0.1) is 26.1 Å². The summed E-state index contributed by atoms with van der Waals surface area (Å²) < 4.78 is 16.3. The van der Waals surface area contributed by atoms with Crippen molar-refractivity contribution in [3.8, 4) is 22.8 Å². The van der Waals surface area contributed by atoms with Gasteiger partial charge in [-0.1, -0.05) is 12.1 Å². The fraction of sp³-hybridized carbons (Fsp3) is 0.346. The summed E-state index contributed by atoms with van der Waals surface area (Å²) in [5.41, 5.74) is 1.56. The second-order valence-corrected chi connectivity index (χ2v) is 8.19. The Hall–Kier alpha value is -3.81. The van der Waals surface area contributed by atoms with E-state index in [9.17, 15) is 9.59 Å². The maximum atomic E-state index is 12.7. The summed E-state index contributed by atoms with van der Waals surface area (Å²) in [5, 5.41) is 2.95. The summed E-state index contributed by atoms with van der Waals surface area (Å²) in [6.45, 7) is 1.12. The van der Waals surface area contributed by atoms with E-state index in [0.29, 0.717) is 61.9 Å². The van der Waals surface area contributed by atoms with Crippen LogP contribution in [0.5, 0.6) is 11.5 Å². The zero-order valence-corrected chi connectivity index (χ0v) is 19.5. The molecule has 2 heterocycles. The predicted octanol–water partition coefficient (Wildman–Crippen LogP) is 4.17. The molecule has 0 atom stereocenters. The van der Waals surface area contributed by atoms with Gasteiger partial charge in [0.2, 0.25) is 11.8 Å². The maximum Gasteiger partial charge on any atom is 0.227 e. The van der Waals surface area contributed by atoms with Crippen LogP contribution in [-0.2, 0) is 16.0 Å². The number of carbonyl (C=O) groups excluding carboxylic acids is 2. The van der Waals surface area contributed by atoms with E-state index in [1.54, 1.807) is 20.4 Å². The Labute approximate surface area is 198 Å². The first-order chi connectivity index (χ1) is 16.6. The Morgan fingerprint density at radius 3 is 2.50 bits per heavy atom. The molecule has 0 aliphatic carbocycles. The molecule has 0 saturated carbocycles. The highest BCUT2D eigenvalue weighted by Crippen LogP contribution is 2.27. The van der Waals surface area contributed by atoms with Crippen molar-refractivity contribution in [2.45, 2.75) is 25.7 Å². The van der Waals surface area contributed by atoms with Gasteiger partial charge in [0.25, 0.3) is 0 Å². The third kappa shape index (κ3) is 5.57. The minimum Gasteiger partial charge on any atom is -0.497 e. The molecule has 1 aromatic heterocycles. The van der Waals surface area contributed by atoms with E-state index < -0.39 is 0 Å². The van der Waals surface area contributed by atoms with E-state index in [1.165, 1.54) is 0 Å². The number of methoxy groups -OCH3 is 2. The SMILES string of the molecule is COc1ccc(-c2cnc(CCC(=O)N3CCC(C(=O)Nc4ccccc4OC)CC3)o2)cc1. The average Bonchev–Trinajstić information content (AvgIpc) is 3.37. The molecule has 4 rings (SSSR count). The van der Waals surface area contributed by atoms with E-state index in [0.717, 1.165) is 11.3 Å². The number of anilines is 1. The molecule has 1 saturated heterocycles. The Morgan fingerprint density at radius 2 is 1.79 bits per heavy atom. The number of amides is 2. The van der Waals surface area contributed by atoms with Gasteiger partial charge in [-0.15, -0.1) is 0 Å². The number of oxazole rings is 1. The number of likely N-dealkylation sites (tertiary alicyclic amines) is 1. The normalized spacial score (nSPS) is 14.0.